The number of nitrogens with one attached hydrogen (secondary N) is 1. The molecular weight excluding hydrogens is 367 g/mol. The maximum absolute atomic E-state index is 13.2. The summed E-state index contributed by atoms with van der Waals surface area (Å²) in [5.41, 5.74) is 0.923. The van der Waals surface area contributed by atoms with Gasteiger partial charge in [0.2, 0.25) is 11.8 Å². The second-order valence-electron chi connectivity index (χ2n) is 6.57. The van der Waals surface area contributed by atoms with Crippen LogP contribution in [-0.4, -0.2) is 34.6 Å². The van der Waals surface area contributed by atoms with Crippen LogP contribution in [0.3, 0.4) is 0 Å². The first-order valence-corrected chi connectivity index (χ1v) is 8.67. The van der Waals surface area contributed by atoms with Crippen molar-refractivity contribution in [2.75, 3.05) is 0 Å². The molecule has 142 valence electrons. The fourth-order valence-corrected chi connectivity index (χ4v) is 3.33. The number of benzene rings is 2. The topological polar surface area (TPSA) is 92.8 Å². The number of nitrogens with zero attached hydrogens (tertiary/aromatic N) is 1. The lowest BCUT2D eigenvalue weighted by Crippen LogP contribution is -2.54. The summed E-state index contributed by atoms with van der Waals surface area (Å²) in [4.78, 5) is 49.6. The summed E-state index contributed by atoms with van der Waals surface area (Å²) in [7, 11) is 0. The van der Waals surface area contributed by atoms with Crippen LogP contribution in [-0.2, 0) is 16.2 Å². The van der Waals surface area contributed by atoms with Gasteiger partial charge < -0.3 is 4.74 Å². The van der Waals surface area contributed by atoms with Crippen molar-refractivity contribution < 1.29 is 28.3 Å². The molecule has 1 N–H and O–H groups in total. The van der Waals surface area contributed by atoms with Gasteiger partial charge in [0.15, 0.2) is 0 Å². The highest BCUT2D eigenvalue weighted by Crippen LogP contribution is 2.30. The minimum Gasteiger partial charge on any atom is -0.489 e. The van der Waals surface area contributed by atoms with Gasteiger partial charge in [0.25, 0.3) is 11.8 Å². The molecule has 1 atom stereocenters. The zero-order chi connectivity index (χ0) is 19.8. The van der Waals surface area contributed by atoms with Crippen LogP contribution in [0.25, 0.3) is 0 Å². The maximum atomic E-state index is 13.2. The molecule has 2 heterocycles. The van der Waals surface area contributed by atoms with Crippen LogP contribution in [0.5, 0.6) is 5.75 Å². The van der Waals surface area contributed by atoms with E-state index in [1.807, 2.05) is 0 Å². The highest BCUT2D eigenvalue weighted by atomic mass is 19.1. The van der Waals surface area contributed by atoms with Gasteiger partial charge >= 0.3 is 0 Å². The average molecular weight is 382 g/mol. The normalized spacial score (nSPS) is 18.9. The number of ether oxygens (including phenoxy) is 1. The molecule has 2 aliphatic heterocycles. The lowest BCUT2D eigenvalue weighted by atomic mass is 10.0. The lowest BCUT2D eigenvalue weighted by Gasteiger charge is -2.27. The third-order valence-corrected chi connectivity index (χ3v) is 4.71. The van der Waals surface area contributed by atoms with E-state index in [2.05, 4.69) is 5.32 Å². The zero-order valence-electron chi connectivity index (χ0n) is 14.6. The second-order valence-corrected chi connectivity index (χ2v) is 6.57. The van der Waals surface area contributed by atoms with Crippen molar-refractivity contribution >= 4 is 23.6 Å². The van der Waals surface area contributed by atoms with Crippen molar-refractivity contribution in [3.8, 4) is 5.75 Å². The van der Waals surface area contributed by atoms with Crippen LogP contribution in [0.4, 0.5) is 4.39 Å². The number of carbonyl (C=O) groups is 4. The first-order chi connectivity index (χ1) is 13.4. The van der Waals surface area contributed by atoms with E-state index in [0.29, 0.717) is 11.3 Å². The summed E-state index contributed by atoms with van der Waals surface area (Å²) in [5, 5.41) is 2.15. The van der Waals surface area contributed by atoms with E-state index in [9.17, 15) is 23.6 Å². The molecule has 0 bridgehead atoms. The molecule has 1 fully saturated rings. The first kappa shape index (κ1) is 17.8. The van der Waals surface area contributed by atoms with Crippen LogP contribution in [0.2, 0.25) is 0 Å². The fraction of sp³-hybridized carbons (Fsp3) is 0.200. The number of halogens is 1. The maximum Gasteiger partial charge on any atom is 0.262 e. The Labute approximate surface area is 159 Å². The Morgan fingerprint density at radius 1 is 1.04 bits per heavy atom. The lowest BCUT2D eigenvalue weighted by molar-refractivity contribution is -0.136. The Bertz CT molecular complexity index is 1020. The van der Waals surface area contributed by atoms with Crippen LogP contribution in [0, 0.1) is 5.82 Å². The van der Waals surface area contributed by atoms with Gasteiger partial charge in [-0.05, 0) is 42.3 Å². The Hall–Kier alpha value is -3.55. The minimum absolute atomic E-state index is 0.0613. The van der Waals surface area contributed by atoms with Crippen LogP contribution >= 0.6 is 0 Å². The van der Waals surface area contributed by atoms with Gasteiger partial charge in [-0.15, -0.1) is 0 Å². The van der Waals surface area contributed by atoms with Crippen LogP contribution < -0.4 is 10.1 Å². The molecule has 0 spiro atoms. The predicted molar refractivity (Wildman–Crippen MR) is 93.8 cm³/mol. The van der Waals surface area contributed by atoms with E-state index in [4.69, 9.17) is 4.74 Å². The van der Waals surface area contributed by atoms with Gasteiger partial charge in [-0.2, -0.15) is 0 Å². The zero-order valence-corrected chi connectivity index (χ0v) is 14.6. The molecule has 0 aliphatic carbocycles. The molecule has 0 saturated carbocycles. The SMILES string of the molecule is O=C1CCC(N2C(=O)c3ccc(OCc4cccc(F)c4)cc3C2=O)C(=O)N1. The van der Waals surface area contributed by atoms with Crippen molar-refractivity contribution in [1.82, 2.24) is 10.2 Å². The molecule has 0 radical (unpaired) electrons. The largest absolute Gasteiger partial charge is 0.489 e. The van der Waals surface area contributed by atoms with Gasteiger partial charge in [0.05, 0.1) is 11.1 Å². The highest BCUT2D eigenvalue weighted by molar-refractivity contribution is 6.23. The molecule has 1 unspecified atom stereocenters. The molecule has 7 nitrogen and oxygen atoms in total. The average Bonchev–Trinajstić information content (AvgIpc) is 2.91. The van der Waals surface area contributed by atoms with E-state index in [1.165, 1.54) is 30.3 Å². The molecule has 4 amide bonds. The summed E-state index contributed by atoms with van der Waals surface area (Å²) in [6, 6.07) is 9.36. The van der Waals surface area contributed by atoms with Crippen LogP contribution in [0.1, 0.15) is 39.1 Å². The standard InChI is InChI=1S/C20H15FN2O5/c21-12-3-1-2-11(8-12)10-28-13-4-5-14-15(9-13)20(27)23(19(14)26)16-6-7-17(24)22-18(16)25/h1-5,8-9,16H,6-7,10H2,(H,22,24,25). The molecule has 2 aliphatic rings. The highest BCUT2D eigenvalue weighted by Gasteiger charge is 2.44. The van der Waals surface area contributed by atoms with E-state index in [0.717, 1.165) is 4.90 Å². The summed E-state index contributed by atoms with van der Waals surface area (Å²) in [6.45, 7) is 0.0928. The van der Waals surface area contributed by atoms with Crippen molar-refractivity contribution in [3.05, 3.63) is 65.0 Å². The van der Waals surface area contributed by atoms with Crippen LogP contribution in [0.15, 0.2) is 42.5 Å². The molecule has 1 saturated heterocycles. The van der Waals surface area contributed by atoms with Crippen molar-refractivity contribution in [1.29, 1.82) is 0 Å². The van der Waals surface area contributed by atoms with E-state index in [1.54, 1.807) is 12.1 Å². The Morgan fingerprint density at radius 2 is 1.82 bits per heavy atom. The molecule has 28 heavy (non-hydrogen) atoms. The Balaban J connectivity index is 1.54. The first-order valence-electron chi connectivity index (χ1n) is 8.67. The van der Waals surface area contributed by atoms with Gasteiger partial charge in [0, 0.05) is 6.42 Å². The minimum atomic E-state index is -1.01. The third-order valence-electron chi connectivity index (χ3n) is 4.71. The smallest absolute Gasteiger partial charge is 0.262 e. The van der Waals surface area contributed by atoms with Gasteiger partial charge in [0.1, 0.15) is 24.2 Å². The number of piperidine rings is 1. The number of rotatable bonds is 4. The summed E-state index contributed by atoms with van der Waals surface area (Å²) in [5.74, 6) is -2.30. The van der Waals surface area contributed by atoms with E-state index in [-0.39, 0.29) is 36.4 Å². The van der Waals surface area contributed by atoms with Crippen molar-refractivity contribution in [3.63, 3.8) is 0 Å². The third kappa shape index (κ3) is 3.13. The monoisotopic (exact) mass is 382 g/mol. The summed E-state index contributed by atoms with van der Waals surface area (Å²) in [6.07, 6.45) is 0.158. The summed E-state index contributed by atoms with van der Waals surface area (Å²) < 4.78 is 18.8. The van der Waals surface area contributed by atoms with Gasteiger partial charge in [-0.25, -0.2) is 4.39 Å². The number of amides is 4. The molecule has 2 aromatic rings. The Morgan fingerprint density at radius 3 is 2.57 bits per heavy atom. The van der Waals surface area contributed by atoms with E-state index >= 15 is 0 Å². The molecule has 8 heteroatoms. The molecule has 0 aromatic heterocycles. The van der Waals surface area contributed by atoms with Gasteiger partial charge in [-0.1, -0.05) is 12.1 Å². The Kier molecular flexibility index (Phi) is 4.38. The molecule has 2 aromatic carbocycles. The van der Waals surface area contributed by atoms with Gasteiger partial charge in [-0.3, -0.25) is 29.4 Å². The predicted octanol–water partition coefficient (Wildman–Crippen LogP) is 1.81. The fourth-order valence-electron chi connectivity index (χ4n) is 3.33. The van der Waals surface area contributed by atoms with Crippen molar-refractivity contribution in [2.45, 2.75) is 25.5 Å². The number of fused-ring (bicyclic) bond motifs is 1. The molecule has 4 rings (SSSR count). The number of carbonyl (C=O) groups excluding carboxylic acids is 4. The number of imide groups is 2. The summed E-state index contributed by atoms with van der Waals surface area (Å²) >= 11 is 0. The quantitative estimate of drug-likeness (QED) is 0.814. The molecular formula is C20H15FN2O5. The van der Waals surface area contributed by atoms with E-state index < -0.39 is 29.7 Å². The van der Waals surface area contributed by atoms with Crippen molar-refractivity contribution in [2.24, 2.45) is 0 Å². The number of hydrogen-bond donors (Lipinski definition) is 1. The number of hydrogen-bond acceptors (Lipinski definition) is 5. The second kappa shape index (κ2) is 6.88.